The number of carbonyl (C=O) groups is 1. The Bertz CT molecular complexity index is 1040. The first-order valence-electron chi connectivity index (χ1n) is 11.5. The van der Waals surface area contributed by atoms with Crippen LogP contribution in [0.4, 0.5) is 5.69 Å². The van der Waals surface area contributed by atoms with Gasteiger partial charge in [0.1, 0.15) is 5.56 Å². The fourth-order valence-electron chi connectivity index (χ4n) is 4.16. The summed E-state index contributed by atoms with van der Waals surface area (Å²) in [6.07, 6.45) is 4.27. The molecule has 2 heterocycles. The molecule has 176 valence electrons. The number of hydrogen-bond donors (Lipinski definition) is 0. The van der Waals surface area contributed by atoms with Crippen molar-refractivity contribution in [3.63, 3.8) is 0 Å². The number of hydrogen-bond acceptors (Lipinski definition) is 6. The number of nitro benzene ring substituents is 1. The molecule has 0 saturated carbocycles. The van der Waals surface area contributed by atoms with Gasteiger partial charge in [-0.15, -0.1) is 5.10 Å². The van der Waals surface area contributed by atoms with Gasteiger partial charge in [0.2, 0.25) is 5.91 Å². The van der Waals surface area contributed by atoms with E-state index in [0.29, 0.717) is 24.3 Å². The van der Waals surface area contributed by atoms with Crippen molar-refractivity contribution >= 4 is 11.6 Å². The van der Waals surface area contributed by atoms with E-state index in [0.717, 1.165) is 19.3 Å². The van der Waals surface area contributed by atoms with Gasteiger partial charge >= 0.3 is 0 Å². The molecule has 1 aromatic heterocycles. The first-order chi connectivity index (χ1) is 15.8. The summed E-state index contributed by atoms with van der Waals surface area (Å²) in [5.41, 5.74) is 0.750. The van der Waals surface area contributed by atoms with Crippen molar-refractivity contribution in [1.29, 1.82) is 0 Å². The predicted molar refractivity (Wildman–Crippen MR) is 123 cm³/mol. The van der Waals surface area contributed by atoms with Gasteiger partial charge in [0.05, 0.1) is 35.3 Å². The maximum absolute atomic E-state index is 12.6. The minimum Gasteiger partial charge on any atom is -0.374 e. The van der Waals surface area contributed by atoms with Gasteiger partial charge in [-0.25, -0.2) is 4.68 Å². The summed E-state index contributed by atoms with van der Waals surface area (Å²) in [5, 5.41) is 19.4. The number of para-hydroxylation sites is 1. The van der Waals surface area contributed by atoms with Crippen molar-refractivity contribution in [1.82, 2.24) is 19.9 Å². The highest BCUT2D eigenvalue weighted by Gasteiger charge is 2.35. The molecule has 2 aromatic rings. The van der Waals surface area contributed by atoms with E-state index < -0.39 is 4.92 Å². The van der Waals surface area contributed by atoms with Crippen molar-refractivity contribution in [2.75, 3.05) is 13.1 Å². The largest absolute Gasteiger partial charge is 0.374 e. The number of aromatic nitrogens is 3. The minimum atomic E-state index is -0.450. The number of rotatable bonds is 8. The van der Waals surface area contributed by atoms with Crippen molar-refractivity contribution in [2.45, 2.75) is 65.2 Å². The smallest absolute Gasteiger partial charge is 0.284 e. The molecule has 3 rings (SSSR count). The Morgan fingerprint density at radius 2 is 2.00 bits per heavy atom. The van der Waals surface area contributed by atoms with E-state index in [1.54, 1.807) is 29.1 Å². The van der Waals surface area contributed by atoms with Crippen LogP contribution in [-0.2, 0) is 9.53 Å². The summed E-state index contributed by atoms with van der Waals surface area (Å²) in [7, 11) is 0. The fourth-order valence-corrected chi connectivity index (χ4v) is 4.16. The maximum Gasteiger partial charge on any atom is 0.284 e. The van der Waals surface area contributed by atoms with Crippen LogP contribution in [0.5, 0.6) is 0 Å². The molecule has 1 saturated heterocycles. The third-order valence-electron chi connectivity index (χ3n) is 6.15. The maximum atomic E-state index is 12.6. The summed E-state index contributed by atoms with van der Waals surface area (Å²) in [6, 6.07) is 6.39. The topological polar surface area (TPSA) is 103 Å². The van der Waals surface area contributed by atoms with E-state index in [4.69, 9.17) is 4.74 Å². The van der Waals surface area contributed by atoms with Gasteiger partial charge in [0.15, 0.2) is 5.69 Å². The zero-order valence-electron chi connectivity index (χ0n) is 19.6. The van der Waals surface area contributed by atoms with E-state index in [2.05, 4.69) is 22.2 Å². The fraction of sp³-hybridized carbons (Fsp3) is 0.542. The number of nitro groups is 1. The van der Waals surface area contributed by atoms with Crippen molar-refractivity contribution < 1.29 is 14.5 Å². The Hall–Kier alpha value is -3.25. The number of amides is 1. The van der Waals surface area contributed by atoms with Crippen LogP contribution < -0.4 is 0 Å². The summed E-state index contributed by atoms with van der Waals surface area (Å²) in [6.45, 7) is 9.40. The predicted octanol–water partition coefficient (Wildman–Crippen LogP) is 3.59. The van der Waals surface area contributed by atoms with Crippen LogP contribution in [0.2, 0.25) is 0 Å². The molecule has 1 aromatic carbocycles. The zero-order chi connectivity index (χ0) is 24.0. The number of benzene rings is 1. The molecule has 0 radical (unpaired) electrons. The molecule has 0 bridgehead atoms. The van der Waals surface area contributed by atoms with Gasteiger partial charge < -0.3 is 9.64 Å². The number of ether oxygens (including phenoxy) is 1. The van der Waals surface area contributed by atoms with Crippen LogP contribution in [0.1, 0.15) is 64.3 Å². The van der Waals surface area contributed by atoms with E-state index in [1.807, 2.05) is 32.6 Å². The Balaban J connectivity index is 1.58. The van der Waals surface area contributed by atoms with Crippen LogP contribution >= 0.6 is 0 Å². The minimum absolute atomic E-state index is 0.0348. The van der Waals surface area contributed by atoms with Crippen LogP contribution in [0.25, 0.3) is 0 Å². The van der Waals surface area contributed by atoms with E-state index in [1.165, 1.54) is 6.07 Å². The molecule has 4 atom stereocenters. The second-order valence-corrected chi connectivity index (χ2v) is 8.37. The van der Waals surface area contributed by atoms with Crippen LogP contribution in [0.15, 0.2) is 30.5 Å². The summed E-state index contributed by atoms with van der Waals surface area (Å²) < 4.78 is 7.96. The third-order valence-corrected chi connectivity index (χ3v) is 6.15. The molecule has 33 heavy (non-hydrogen) atoms. The lowest BCUT2D eigenvalue weighted by molar-refractivity contribution is -0.385. The second-order valence-electron chi connectivity index (χ2n) is 8.37. The van der Waals surface area contributed by atoms with Crippen molar-refractivity contribution in [2.24, 2.45) is 5.92 Å². The molecular weight excluding hydrogens is 422 g/mol. The van der Waals surface area contributed by atoms with E-state index >= 15 is 0 Å². The molecule has 0 spiro atoms. The highest BCUT2D eigenvalue weighted by atomic mass is 16.6. The zero-order valence-corrected chi connectivity index (χ0v) is 19.6. The Kier molecular flexibility index (Phi) is 8.17. The molecule has 9 nitrogen and oxygen atoms in total. The molecular formula is C24H31N5O4. The third kappa shape index (κ3) is 5.96. The Labute approximate surface area is 194 Å². The van der Waals surface area contributed by atoms with E-state index in [-0.39, 0.29) is 35.8 Å². The molecule has 9 heteroatoms. The SMILES string of the molecule is CCN(CC)C(=O)[C@H](C)[C@H]1CC[C@@H](C[C@@H](C)n2cc(C#Cc3ccccc3[N+](=O)[O-])nn2)O1. The molecule has 1 fully saturated rings. The molecule has 1 aliphatic heterocycles. The lowest BCUT2D eigenvalue weighted by Gasteiger charge is -2.26. The van der Waals surface area contributed by atoms with Gasteiger partial charge in [-0.05, 0) is 52.0 Å². The normalized spacial score (nSPS) is 19.4. The molecule has 0 N–H and O–H groups in total. The monoisotopic (exact) mass is 453 g/mol. The summed E-state index contributed by atoms with van der Waals surface area (Å²) in [5.74, 6) is 5.67. The Morgan fingerprint density at radius 1 is 1.27 bits per heavy atom. The average Bonchev–Trinajstić information content (AvgIpc) is 3.48. The van der Waals surface area contributed by atoms with Gasteiger partial charge in [-0.3, -0.25) is 14.9 Å². The quantitative estimate of drug-likeness (QED) is 0.344. The van der Waals surface area contributed by atoms with Gasteiger partial charge in [-0.2, -0.15) is 0 Å². The molecule has 0 unspecified atom stereocenters. The highest BCUT2D eigenvalue weighted by Crippen LogP contribution is 2.31. The van der Waals surface area contributed by atoms with Gasteiger partial charge in [0, 0.05) is 19.2 Å². The van der Waals surface area contributed by atoms with Crippen LogP contribution in [-0.4, -0.2) is 56.0 Å². The highest BCUT2D eigenvalue weighted by molar-refractivity contribution is 5.79. The molecule has 1 amide bonds. The Morgan fingerprint density at radius 3 is 2.70 bits per heavy atom. The number of carbonyl (C=O) groups excluding carboxylic acids is 1. The van der Waals surface area contributed by atoms with Crippen molar-refractivity contribution in [3.05, 3.63) is 51.8 Å². The van der Waals surface area contributed by atoms with E-state index in [9.17, 15) is 14.9 Å². The lowest BCUT2D eigenvalue weighted by atomic mass is 9.99. The van der Waals surface area contributed by atoms with Gasteiger partial charge in [0.25, 0.3) is 5.69 Å². The molecule has 0 aliphatic carbocycles. The first-order valence-corrected chi connectivity index (χ1v) is 11.5. The second kappa shape index (κ2) is 11.1. The summed E-state index contributed by atoms with van der Waals surface area (Å²) >= 11 is 0. The van der Waals surface area contributed by atoms with Crippen LogP contribution in [0.3, 0.4) is 0 Å². The molecule has 1 aliphatic rings. The average molecular weight is 454 g/mol. The van der Waals surface area contributed by atoms with Crippen molar-refractivity contribution in [3.8, 4) is 11.8 Å². The lowest BCUT2D eigenvalue weighted by Crippen LogP contribution is -2.39. The number of nitrogens with zero attached hydrogens (tertiary/aromatic N) is 5. The standard InChI is InChI=1S/C24H31N5O4/c1-5-27(6-2)24(30)18(4)23-14-13-21(33-23)15-17(3)28-16-20(25-26-28)12-11-19-9-7-8-10-22(19)29(31)32/h7-10,16-18,21,23H,5-6,13-15H2,1-4H3/t17-,18-,21+,23-/m1/s1. The summed E-state index contributed by atoms with van der Waals surface area (Å²) in [4.78, 5) is 25.2. The first kappa shape index (κ1) is 24.4. The van der Waals surface area contributed by atoms with Crippen LogP contribution in [0, 0.1) is 27.9 Å². The van der Waals surface area contributed by atoms with Gasteiger partial charge in [-0.1, -0.05) is 30.2 Å².